The van der Waals surface area contributed by atoms with Gasteiger partial charge in [-0.3, -0.25) is 4.79 Å². The largest absolute Gasteiger partial charge is 0.469 e. The molecule has 3 rings (SSSR count). The molecular weight excluding hydrogens is 288 g/mol. The molecule has 1 aliphatic rings. The number of rotatable bonds is 5. The number of esters is 1. The molecule has 0 radical (unpaired) electrons. The van der Waals surface area contributed by atoms with E-state index in [4.69, 9.17) is 4.74 Å². The van der Waals surface area contributed by atoms with E-state index in [1.54, 1.807) is 0 Å². The number of ether oxygens (including phenoxy) is 1. The van der Waals surface area contributed by atoms with Gasteiger partial charge in [0.15, 0.2) is 0 Å². The highest BCUT2D eigenvalue weighted by atomic mass is 16.5. The number of methoxy groups -OCH3 is 1. The van der Waals surface area contributed by atoms with Gasteiger partial charge < -0.3 is 9.30 Å². The van der Waals surface area contributed by atoms with E-state index in [1.807, 2.05) is 6.20 Å². The number of aromatic nitrogens is 2. The molecule has 0 amide bonds. The summed E-state index contributed by atoms with van der Waals surface area (Å²) in [5.74, 6) is 1.80. The summed E-state index contributed by atoms with van der Waals surface area (Å²) in [6.07, 6.45) is 4.27. The molecule has 0 spiro atoms. The molecular formula is C19H24N2O2. The van der Waals surface area contributed by atoms with Crippen LogP contribution in [0.25, 0.3) is 0 Å². The standard InChI is InChI=1S/C19H24N2O2/c1-13(10-18(22)23-3)9-16-12-20-17-11-14(2)19(21(16)17)15-7-5-4-6-8-15/h4-8,12-14,19H,9-11H2,1-3H3. The zero-order valence-corrected chi connectivity index (χ0v) is 14.0. The normalized spacial score (nSPS) is 21.0. The van der Waals surface area contributed by atoms with Crippen LogP contribution < -0.4 is 0 Å². The summed E-state index contributed by atoms with van der Waals surface area (Å²) in [5, 5.41) is 0. The molecule has 3 atom stereocenters. The highest BCUT2D eigenvalue weighted by Gasteiger charge is 2.33. The van der Waals surface area contributed by atoms with E-state index in [1.165, 1.54) is 18.4 Å². The number of hydrogen-bond acceptors (Lipinski definition) is 3. The van der Waals surface area contributed by atoms with Crippen LogP contribution in [0.2, 0.25) is 0 Å². The molecule has 0 fully saturated rings. The molecule has 1 aromatic heterocycles. The van der Waals surface area contributed by atoms with Crippen LogP contribution in [-0.4, -0.2) is 22.6 Å². The van der Waals surface area contributed by atoms with Crippen LogP contribution in [0.15, 0.2) is 36.5 Å². The third-order valence-corrected chi connectivity index (χ3v) is 4.71. The van der Waals surface area contributed by atoms with Crippen LogP contribution in [0, 0.1) is 11.8 Å². The Bertz CT molecular complexity index is 678. The molecule has 2 aromatic rings. The van der Waals surface area contributed by atoms with Crippen molar-refractivity contribution in [2.24, 2.45) is 11.8 Å². The Labute approximate surface area is 137 Å². The van der Waals surface area contributed by atoms with Gasteiger partial charge in [0.05, 0.1) is 13.2 Å². The predicted octanol–water partition coefficient (Wildman–Crippen LogP) is 3.41. The fourth-order valence-corrected chi connectivity index (χ4v) is 3.66. The zero-order chi connectivity index (χ0) is 16.4. The average molecular weight is 312 g/mol. The van der Waals surface area contributed by atoms with E-state index in [2.05, 4.69) is 53.7 Å². The molecule has 0 saturated carbocycles. The minimum absolute atomic E-state index is 0.147. The van der Waals surface area contributed by atoms with Gasteiger partial charge >= 0.3 is 5.97 Å². The Balaban J connectivity index is 1.85. The molecule has 122 valence electrons. The second-order valence-corrected chi connectivity index (χ2v) is 6.66. The lowest BCUT2D eigenvalue weighted by Crippen LogP contribution is -2.17. The topological polar surface area (TPSA) is 44.1 Å². The van der Waals surface area contributed by atoms with Crippen molar-refractivity contribution in [2.75, 3.05) is 7.11 Å². The smallest absolute Gasteiger partial charge is 0.305 e. The van der Waals surface area contributed by atoms with Crippen LogP contribution in [-0.2, 0) is 22.4 Å². The Hall–Kier alpha value is -2.10. The molecule has 1 aromatic carbocycles. The molecule has 4 nitrogen and oxygen atoms in total. The van der Waals surface area contributed by atoms with Gasteiger partial charge in [-0.25, -0.2) is 4.98 Å². The molecule has 0 bridgehead atoms. The van der Waals surface area contributed by atoms with Crippen molar-refractivity contribution >= 4 is 5.97 Å². The van der Waals surface area contributed by atoms with Gasteiger partial charge in [0.1, 0.15) is 5.82 Å². The third-order valence-electron chi connectivity index (χ3n) is 4.71. The van der Waals surface area contributed by atoms with Crippen molar-refractivity contribution in [3.8, 4) is 0 Å². The van der Waals surface area contributed by atoms with Gasteiger partial charge in [-0.15, -0.1) is 0 Å². The Morgan fingerprint density at radius 3 is 2.83 bits per heavy atom. The first-order chi connectivity index (χ1) is 11.1. The Morgan fingerprint density at radius 1 is 1.39 bits per heavy atom. The van der Waals surface area contributed by atoms with Crippen LogP contribution in [0.4, 0.5) is 0 Å². The molecule has 1 aliphatic heterocycles. The van der Waals surface area contributed by atoms with E-state index >= 15 is 0 Å². The molecule has 0 saturated heterocycles. The number of fused-ring (bicyclic) bond motifs is 1. The van der Waals surface area contributed by atoms with Crippen molar-refractivity contribution in [2.45, 2.75) is 39.2 Å². The van der Waals surface area contributed by atoms with Crippen LogP contribution in [0.5, 0.6) is 0 Å². The lowest BCUT2D eigenvalue weighted by atomic mass is 9.94. The minimum Gasteiger partial charge on any atom is -0.469 e. The zero-order valence-electron chi connectivity index (χ0n) is 14.0. The van der Waals surface area contributed by atoms with Gasteiger partial charge in [0, 0.05) is 24.7 Å². The van der Waals surface area contributed by atoms with Gasteiger partial charge in [-0.1, -0.05) is 44.2 Å². The van der Waals surface area contributed by atoms with E-state index in [0.717, 1.165) is 18.7 Å². The number of benzene rings is 1. The summed E-state index contributed by atoms with van der Waals surface area (Å²) >= 11 is 0. The summed E-state index contributed by atoms with van der Waals surface area (Å²) in [6.45, 7) is 4.38. The number of nitrogens with zero attached hydrogens (tertiary/aromatic N) is 2. The first kappa shape index (κ1) is 15.8. The monoisotopic (exact) mass is 312 g/mol. The maximum Gasteiger partial charge on any atom is 0.305 e. The van der Waals surface area contributed by atoms with Crippen molar-refractivity contribution in [3.05, 3.63) is 53.6 Å². The Morgan fingerprint density at radius 2 is 2.13 bits per heavy atom. The van der Waals surface area contributed by atoms with Crippen LogP contribution in [0.1, 0.15) is 43.4 Å². The quantitative estimate of drug-likeness (QED) is 0.795. The second-order valence-electron chi connectivity index (χ2n) is 6.66. The molecule has 3 unspecified atom stereocenters. The number of imidazole rings is 1. The Kier molecular flexibility index (Phi) is 4.51. The fraction of sp³-hybridized carbons (Fsp3) is 0.474. The minimum atomic E-state index is -0.147. The van der Waals surface area contributed by atoms with E-state index in [9.17, 15) is 4.79 Å². The van der Waals surface area contributed by atoms with Gasteiger partial charge in [-0.2, -0.15) is 0 Å². The first-order valence-corrected chi connectivity index (χ1v) is 8.27. The number of hydrogen-bond donors (Lipinski definition) is 0. The van der Waals surface area contributed by atoms with E-state index < -0.39 is 0 Å². The van der Waals surface area contributed by atoms with E-state index in [-0.39, 0.29) is 11.9 Å². The molecule has 2 heterocycles. The molecule has 0 aliphatic carbocycles. The SMILES string of the molecule is COC(=O)CC(C)Cc1cnc2n1C(c1ccccc1)C(C)C2. The number of carbonyl (C=O) groups is 1. The third kappa shape index (κ3) is 3.16. The van der Waals surface area contributed by atoms with Crippen molar-refractivity contribution in [1.29, 1.82) is 0 Å². The molecule has 23 heavy (non-hydrogen) atoms. The summed E-state index contributed by atoms with van der Waals surface area (Å²) in [7, 11) is 1.44. The predicted molar refractivity (Wildman–Crippen MR) is 89.2 cm³/mol. The van der Waals surface area contributed by atoms with Crippen molar-refractivity contribution in [3.63, 3.8) is 0 Å². The highest BCUT2D eigenvalue weighted by molar-refractivity contribution is 5.69. The maximum absolute atomic E-state index is 11.5. The summed E-state index contributed by atoms with van der Waals surface area (Å²) in [6, 6.07) is 11.0. The molecule has 4 heteroatoms. The maximum atomic E-state index is 11.5. The van der Waals surface area contributed by atoms with Gasteiger partial charge in [0.25, 0.3) is 0 Å². The van der Waals surface area contributed by atoms with Gasteiger partial charge in [0.2, 0.25) is 0 Å². The van der Waals surface area contributed by atoms with Crippen molar-refractivity contribution < 1.29 is 9.53 Å². The summed E-state index contributed by atoms with van der Waals surface area (Å²) in [4.78, 5) is 16.1. The van der Waals surface area contributed by atoms with Crippen molar-refractivity contribution in [1.82, 2.24) is 9.55 Å². The van der Waals surface area contributed by atoms with E-state index in [0.29, 0.717) is 18.4 Å². The number of carbonyl (C=O) groups excluding carboxylic acids is 1. The molecule has 0 N–H and O–H groups in total. The average Bonchev–Trinajstić information content (AvgIpc) is 3.06. The lowest BCUT2D eigenvalue weighted by molar-refractivity contribution is -0.141. The fourth-order valence-electron chi connectivity index (χ4n) is 3.66. The second kappa shape index (κ2) is 6.57. The first-order valence-electron chi connectivity index (χ1n) is 8.27. The lowest BCUT2D eigenvalue weighted by Gasteiger charge is -2.22. The van der Waals surface area contributed by atoms with Crippen LogP contribution in [0.3, 0.4) is 0 Å². The summed E-state index contributed by atoms with van der Waals surface area (Å²) in [5.41, 5.74) is 2.55. The van der Waals surface area contributed by atoms with Gasteiger partial charge in [-0.05, 0) is 23.8 Å². The highest BCUT2D eigenvalue weighted by Crippen LogP contribution is 2.37. The summed E-state index contributed by atoms with van der Waals surface area (Å²) < 4.78 is 7.16. The van der Waals surface area contributed by atoms with Crippen LogP contribution >= 0.6 is 0 Å².